The fourth-order valence-corrected chi connectivity index (χ4v) is 11.3. The predicted molar refractivity (Wildman–Crippen MR) is 358 cm³/mol. The molecule has 6 nitrogen and oxygen atoms in total. The van der Waals surface area contributed by atoms with E-state index in [4.69, 9.17) is 14.2 Å². The number of allylic oxidation sites excluding steroid dienone is 6. The van der Waals surface area contributed by atoms with Crippen LogP contribution in [-0.2, 0) is 28.6 Å². The number of hydrogen-bond acceptors (Lipinski definition) is 6. The Kier molecular flexibility index (Phi) is 69.1. The van der Waals surface area contributed by atoms with Crippen molar-refractivity contribution in [2.24, 2.45) is 0 Å². The maximum Gasteiger partial charge on any atom is 0.306 e. The highest BCUT2D eigenvalue weighted by Gasteiger charge is 2.20. The molecule has 82 heavy (non-hydrogen) atoms. The van der Waals surface area contributed by atoms with Crippen LogP contribution in [0.25, 0.3) is 0 Å². The van der Waals surface area contributed by atoms with E-state index in [2.05, 4.69) is 57.2 Å². The lowest BCUT2D eigenvalue weighted by atomic mass is 10.0. The fourth-order valence-electron chi connectivity index (χ4n) is 11.3. The Hall–Kier alpha value is -2.37. The van der Waals surface area contributed by atoms with Gasteiger partial charge in [0, 0.05) is 19.3 Å². The molecule has 0 saturated heterocycles. The quantitative estimate of drug-likeness (QED) is 0.0261. The number of esters is 3. The lowest BCUT2D eigenvalue weighted by Gasteiger charge is -2.18. The smallest absolute Gasteiger partial charge is 0.306 e. The molecule has 0 rings (SSSR count). The molecule has 0 saturated carbocycles. The first-order valence-corrected chi connectivity index (χ1v) is 37.0. The summed E-state index contributed by atoms with van der Waals surface area (Å²) in [7, 11) is 0. The van der Waals surface area contributed by atoms with Gasteiger partial charge in [-0.25, -0.2) is 0 Å². The standard InChI is InChI=1S/C76H142O6/c1-4-7-10-13-16-19-22-25-28-31-34-36-38-40-42-45-48-51-54-57-60-63-66-69-75(78)81-72-73(71-80-74(77)68-65-62-59-56-53-50-47-44-41-33-30-27-24-21-18-15-12-9-6-3)82-76(79)70-67-64-61-58-55-52-49-46-43-39-37-35-32-29-26-23-20-17-14-11-8-5-2/h18,21,27,30,41,44,73H,4-17,19-20,22-26,28-29,31-40,42-43,45-72H2,1-3H3/b21-18-,30-27-,44-41-. The summed E-state index contributed by atoms with van der Waals surface area (Å²) in [5.41, 5.74) is 0. The monoisotopic (exact) mass is 1150 g/mol. The van der Waals surface area contributed by atoms with Crippen molar-refractivity contribution in [3.05, 3.63) is 36.5 Å². The van der Waals surface area contributed by atoms with E-state index in [1.165, 1.54) is 295 Å². The van der Waals surface area contributed by atoms with Crippen LogP contribution < -0.4 is 0 Å². The molecular formula is C76H142O6. The van der Waals surface area contributed by atoms with Crippen LogP contribution >= 0.6 is 0 Å². The summed E-state index contributed by atoms with van der Waals surface area (Å²) >= 11 is 0. The first kappa shape index (κ1) is 79.6. The minimum absolute atomic E-state index is 0.0701. The van der Waals surface area contributed by atoms with Crippen LogP contribution in [0.2, 0.25) is 0 Å². The Morgan fingerprint density at radius 1 is 0.244 bits per heavy atom. The van der Waals surface area contributed by atoms with Gasteiger partial charge in [0.1, 0.15) is 13.2 Å². The zero-order valence-electron chi connectivity index (χ0n) is 55.5. The first-order chi connectivity index (χ1) is 40.5. The van der Waals surface area contributed by atoms with Crippen LogP contribution in [0, 0.1) is 0 Å². The Balaban J connectivity index is 4.31. The van der Waals surface area contributed by atoms with Gasteiger partial charge in [0.15, 0.2) is 6.10 Å². The molecule has 0 amide bonds. The van der Waals surface area contributed by atoms with Gasteiger partial charge >= 0.3 is 17.9 Å². The van der Waals surface area contributed by atoms with E-state index in [1.807, 2.05) is 0 Å². The van der Waals surface area contributed by atoms with Crippen LogP contribution in [0.5, 0.6) is 0 Å². The van der Waals surface area contributed by atoms with Gasteiger partial charge in [-0.1, -0.05) is 372 Å². The summed E-state index contributed by atoms with van der Waals surface area (Å²) in [6.45, 7) is 6.70. The summed E-state index contributed by atoms with van der Waals surface area (Å²) < 4.78 is 17.0. The van der Waals surface area contributed by atoms with E-state index in [1.54, 1.807) is 0 Å². The van der Waals surface area contributed by atoms with Crippen LogP contribution in [0.3, 0.4) is 0 Å². The molecule has 0 N–H and O–H groups in total. The molecule has 0 aromatic carbocycles. The molecule has 0 spiro atoms. The summed E-state index contributed by atoms with van der Waals surface area (Å²) in [6, 6.07) is 0. The minimum Gasteiger partial charge on any atom is -0.462 e. The number of rotatable bonds is 69. The molecule has 0 heterocycles. The zero-order chi connectivity index (χ0) is 59.2. The maximum absolute atomic E-state index is 13.0. The second-order valence-corrected chi connectivity index (χ2v) is 25.2. The van der Waals surface area contributed by atoms with Gasteiger partial charge in [0.2, 0.25) is 0 Å². The molecule has 1 unspecified atom stereocenters. The van der Waals surface area contributed by atoms with E-state index >= 15 is 0 Å². The molecule has 6 heteroatoms. The molecule has 0 aliphatic carbocycles. The second-order valence-electron chi connectivity index (χ2n) is 25.2. The van der Waals surface area contributed by atoms with Crippen molar-refractivity contribution in [3.8, 4) is 0 Å². The van der Waals surface area contributed by atoms with Crippen molar-refractivity contribution in [1.29, 1.82) is 0 Å². The SMILES string of the molecule is CCCCC/C=C\C/C=C\C/C=C\CCCCCCCCC(=O)OCC(COC(=O)CCCCCCCCCCCCCCCCCCCCCCCCC)OC(=O)CCCCCCCCCCCCCCCCCCCCCCCC. The normalized spacial score (nSPS) is 12.2. The maximum atomic E-state index is 13.0. The largest absolute Gasteiger partial charge is 0.462 e. The third-order valence-electron chi connectivity index (χ3n) is 16.9. The summed E-state index contributed by atoms with van der Waals surface area (Å²) in [5, 5.41) is 0. The average Bonchev–Trinajstić information content (AvgIpc) is 3.47. The van der Waals surface area contributed by atoms with E-state index in [9.17, 15) is 14.4 Å². The molecule has 0 aliphatic rings. The molecule has 0 fully saturated rings. The number of carbonyl (C=O) groups is 3. The zero-order valence-corrected chi connectivity index (χ0v) is 55.5. The second kappa shape index (κ2) is 71.1. The average molecular weight is 1150 g/mol. The van der Waals surface area contributed by atoms with Crippen molar-refractivity contribution < 1.29 is 28.6 Å². The highest BCUT2D eigenvalue weighted by molar-refractivity contribution is 5.71. The highest BCUT2D eigenvalue weighted by Crippen LogP contribution is 2.19. The van der Waals surface area contributed by atoms with Crippen molar-refractivity contribution in [2.45, 2.75) is 419 Å². The van der Waals surface area contributed by atoms with Crippen LogP contribution in [0.4, 0.5) is 0 Å². The van der Waals surface area contributed by atoms with Crippen molar-refractivity contribution in [2.75, 3.05) is 13.2 Å². The Bertz CT molecular complexity index is 1370. The molecule has 0 aromatic rings. The van der Waals surface area contributed by atoms with Crippen LogP contribution in [0.1, 0.15) is 412 Å². The van der Waals surface area contributed by atoms with E-state index in [0.717, 1.165) is 77.0 Å². The van der Waals surface area contributed by atoms with Gasteiger partial charge in [0.25, 0.3) is 0 Å². The van der Waals surface area contributed by atoms with Crippen LogP contribution in [0.15, 0.2) is 36.5 Å². The Morgan fingerprint density at radius 2 is 0.439 bits per heavy atom. The predicted octanol–water partition coefficient (Wildman–Crippen LogP) is 25.5. The van der Waals surface area contributed by atoms with Crippen molar-refractivity contribution in [3.63, 3.8) is 0 Å². The molecule has 1 atom stereocenters. The Labute approximate surface area is 512 Å². The number of hydrogen-bond donors (Lipinski definition) is 0. The van der Waals surface area contributed by atoms with E-state index in [-0.39, 0.29) is 31.1 Å². The van der Waals surface area contributed by atoms with Crippen molar-refractivity contribution in [1.82, 2.24) is 0 Å². The van der Waals surface area contributed by atoms with E-state index < -0.39 is 6.10 Å². The van der Waals surface area contributed by atoms with E-state index in [0.29, 0.717) is 19.3 Å². The molecule has 482 valence electrons. The van der Waals surface area contributed by atoms with Gasteiger partial charge < -0.3 is 14.2 Å². The summed E-state index contributed by atoms with van der Waals surface area (Å²) in [5.74, 6) is -0.849. The fraction of sp³-hybridized carbons (Fsp3) is 0.882. The third-order valence-corrected chi connectivity index (χ3v) is 16.9. The highest BCUT2D eigenvalue weighted by atomic mass is 16.6. The number of carbonyl (C=O) groups excluding carboxylic acids is 3. The summed E-state index contributed by atoms with van der Waals surface area (Å²) in [6.07, 6.45) is 88.9. The van der Waals surface area contributed by atoms with Gasteiger partial charge in [0.05, 0.1) is 0 Å². The van der Waals surface area contributed by atoms with Gasteiger partial charge in [-0.05, 0) is 57.8 Å². The molecular weight excluding hydrogens is 1010 g/mol. The lowest BCUT2D eigenvalue weighted by molar-refractivity contribution is -0.167. The van der Waals surface area contributed by atoms with Gasteiger partial charge in [-0.2, -0.15) is 0 Å². The minimum atomic E-state index is -0.776. The van der Waals surface area contributed by atoms with Gasteiger partial charge in [-0.3, -0.25) is 14.4 Å². The number of ether oxygens (including phenoxy) is 3. The molecule has 0 aromatic heterocycles. The van der Waals surface area contributed by atoms with Crippen LogP contribution in [-0.4, -0.2) is 37.2 Å². The molecule has 0 radical (unpaired) electrons. The number of unbranched alkanes of at least 4 members (excludes halogenated alkanes) is 52. The van der Waals surface area contributed by atoms with Gasteiger partial charge in [-0.15, -0.1) is 0 Å². The molecule has 0 aliphatic heterocycles. The first-order valence-electron chi connectivity index (χ1n) is 37.0. The third kappa shape index (κ3) is 68.4. The lowest BCUT2D eigenvalue weighted by Crippen LogP contribution is -2.30. The Morgan fingerprint density at radius 3 is 0.707 bits per heavy atom. The van der Waals surface area contributed by atoms with Crippen molar-refractivity contribution >= 4 is 17.9 Å². The molecule has 0 bridgehead atoms. The topological polar surface area (TPSA) is 78.9 Å². The summed E-state index contributed by atoms with van der Waals surface area (Å²) in [4.78, 5) is 38.5.